The van der Waals surface area contributed by atoms with E-state index in [1.165, 1.54) is 21.9 Å². The fourth-order valence-electron chi connectivity index (χ4n) is 2.42. The van der Waals surface area contributed by atoms with Crippen LogP contribution in [0.5, 0.6) is 0 Å². The van der Waals surface area contributed by atoms with E-state index in [-0.39, 0.29) is 5.56 Å². The molecule has 3 rings (SSSR count). The van der Waals surface area contributed by atoms with Crippen molar-refractivity contribution in [2.45, 2.75) is 6.42 Å². The third kappa shape index (κ3) is 3.58. The number of thiazole rings is 1. The molecule has 1 aromatic carbocycles. The maximum absolute atomic E-state index is 12.8. The molecule has 130 valence electrons. The van der Waals surface area contributed by atoms with Crippen molar-refractivity contribution < 1.29 is 9.53 Å². The first-order valence-corrected chi connectivity index (χ1v) is 8.90. The largest absolute Gasteiger partial charge is 0.385 e. The maximum Gasteiger partial charge on any atom is 0.271 e. The highest BCUT2D eigenvalue weighted by atomic mass is 35.5. The van der Waals surface area contributed by atoms with E-state index in [0.29, 0.717) is 35.2 Å². The van der Waals surface area contributed by atoms with Gasteiger partial charge in [-0.25, -0.2) is 4.98 Å². The van der Waals surface area contributed by atoms with Crippen molar-refractivity contribution in [1.29, 1.82) is 0 Å². The van der Waals surface area contributed by atoms with Crippen molar-refractivity contribution in [2.75, 3.05) is 20.3 Å². The van der Waals surface area contributed by atoms with Crippen molar-refractivity contribution in [3.63, 3.8) is 0 Å². The third-order valence-electron chi connectivity index (χ3n) is 3.65. The molecule has 0 fully saturated rings. The van der Waals surface area contributed by atoms with Crippen LogP contribution in [0.15, 0.2) is 40.6 Å². The van der Waals surface area contributed by atoms with Crippen LogP contribution in [0.25, 0.3) is 16.2 Å². The predicted molar refractivity (Wildman–Crippen MR) is 98.6 cm³/mol. The van der Waals surface area contributed by atoms with Crippen molar-refractivity contribution >= 4 is 33.8 Å². The number of carbonyl (C=O) groups is 1. The molecule has 0 aliphatic carbocycles. The molecule has 0 saturated carbocycles. The third-order valence-corrected chi connectivity index (χ3v) is 4.82. The minimum absolute atomic E-state index is 0.00150. The molecule has 3 aromatic rings. The number of ether oxygens (including phenoxy) is 1. The van der Waals surface area contributed by atoms with E-state index in [0.717, 1.165) is 5.56 Å². The molecule has 0 unspecified atom stereocenters. The highest BCUT2D eigenvalue weighted by molar-refractivity contribution is 7.15. The van der Waals surface area contributed by atoms with Crippen LogP contribution in [0, 0.1) is 0 Å². The molecule has 0 radical (unpaired) electrons. The molecule has 8 heteroatoms. The van der Waals surface area contributed by atoms with Gasteiger partial charge in [0, 0.05) is 42.4 Å². The molecule has 0 aliphatic rings. The summed E-state index contributed by atoms with van der Waals surface area (Å²) in [7, 11) is 1.60. The van der Waals surface area contributed by atoms with E-state index in [2.05, 4.69) is 10.3 Å². The van der Waals surface area contributed by atoms with E-state index >= 15 is 0 Å². The number of hydrogen-bond acceptors (Lipinski definition) is 5. The molecule has 2 heterocycles. The SMILES string of the molecule is COCCCNC(=O)c1cnc2scc(-c3ccccc3Cl)n2c1=O. The predicted octanol–water partition coefficient (Wildman–Crippen LogP) is 2.84. The molecule has 1 amide bonds. The zero-order chi connectivity index (χ0) is 17.8. The van der Waals surface area contributed by atoms with Crippen molar-refractivity contribution in [3.05, 3.63) is 56.8 Å². The molecule has 0 bridgehead atoms. The van der Waals surface area contributed by atoms with Crippen LogP contribution in [-0.2, 0) is 4.74 Å². The molecule has 0 aliphatic heterocycles. The quantitative estimate of drug-likeness (QED) is 0.670. The summed E-state index contributed by atoms with van der Waals surface area (Å²) in [6.07, 6.45) is 1.98. The lowest BCUT2D eigenvalue weighted by Crippen LogP contribution is -2.32. The van der Waals surface area contributed by atoms with Crippen molar-refractivity contribution in [2.24, 2.45) is 0 Å². The standard InChI is InChI=1S/C17H16ClN3O3S/c1-24-8-4-7-19-15(22)12-9-20-17-21(16(12)23)14(10-25-17)11-5-2-3-6-13(11)18/h2-3,5-6,9-10H,4,7-8H2,1H3,(H,19,22). The molecule has 0 spiro atoms. The minimum Gasteiger partial charge on any atom is -0.385 e. The molecular weight excluding hydrogens is 362 g/mol. The number of nitrogens with one attached hydrogen (secondary N) is 1. The lowest BCUT2D eigenvalue weighted by atomic mass is 10.2. The smallest absolute Gasteiger partial charge is 0.271 e. The molecule has 25 heavy (non-hydrogen) atoms. The number of halogens is 1. The van der Waals surface area contributed by atoms with Gasteiger partial charge in [-0.2, -0.15) is 0 Å². The van der Waals surface area contributed by atoms with Crippen molar-refractivity contribution in [3.8, 4) is 11.3 Å². The lowest BCUT2D eigenvalue weighted by molar-refractivity contribution is 0.0946. The average molecular weight is 378 g/mol. The average Bonchev–Trinajstić information content (AvgIpc) is 3.04. The van der Waals surface area contributed by atoms with Crippen LogP contribution in [0.1, 0.15) is 16.8 Å². The summed E-state index contributed by atoms with van der Waals surface area (Å²) in [4.78, 5) is 29.9. The summed E-state index contributed by atoms with van der Waals surface area (Å²) in [5.74, 6) is -0.445. The monoisotopic (exact) mass is 377 g/mol. The fraction of sp³-hybridized carbons (Fsp3) is 0.235. The first-order chi connectivity index (χ1) is 12.1. The van der Waals surface area contributed by atoms with Gasteiger partial charge in [0.15, 0.2) is 4.96 Å². The van der Waals surface area contributed by atoms with Gasteiger partial charge in [-0.15, -0.1) is 11.3 Å². The Hall–Kier alpha value is -2.22. The van der Waals surface area contributed by atoms with Crippen LogP contribution >= 0.6 is 22.9 Å². The van der Waals surface area contributed by atoms with Gasteiger partial charge < -0.3 is 10.1 Å². The Balaban J connectivity index is 2.00. The summed E-state index contributed by atoms with van der Waals surface area (Å²) in [5.41, 5.74) is 0.932. The van der Waals surface area contributed by atoms with Gasteiger partial charge in [0.25, 0.3) is 11.5 Å². The van der Waals surface area contributed by atoms with Crippen LogP contribution in [0.4, 0.5) is 0 Å². The number of amides is 1. The highest BCUT2D eigenvalue weighted by Crippen LogP contribution is 2.29. The van der Waals surface area contributed by atoms with Gasteiger partial charge in [0.2, 0.25) is 0 Å². The second-order valence-corrected chi connectivity index (χ2v) is 6.54. The summed E-state index contributed by atoms with van der Waals surface area (Å²) >= 11 is 7.57. The van der Waals surface area contributed by atoms with Crippen LogP contribution < -0.4 is 10.9 Å². The molecule has 0 atom stereocenters. The van der Waals surface area contributed by atoms with Crippen LogP contribution in [0.2, 0.25) is 5.02 Å². The second-order valence-electron chi connectivity index (χ2n) is 5.30. The van der Waals surface area contributed by atoms with Gasteiger partial charge in [-0.1, -0.05) is 29.8 Å². The number of benzene rings is 1. The minimum atomic E-state index is -0.445. The molecule has 2 aromatic heterocycles. The topological polar surface area (TPSA) is 72.7 Å². The molecule has 6 nitrogen and oxygen atoms in total. The van der Waals surface area contributed by atoms with Gasteiger partial charge in [-0.3, -0.25) is 14.0 Å². The number of methoxy groups -OCH3 is 1. The van der Waals surface area contributed by atoms with E-state index in [1.807, 2.05) is 23.6 Å². The Bertz CT molecular complexity index is 967. The fourth-order valence-corrected chi connectivity index (χ4v) is 3.50. The van der Waals surface area contributed by atoms with E-state index in [9.17, 15) is 9.59 Å². The summed E-state index contributed by atoms with van der Waals surface area (Å²) in [5, 5.41) is 5.05. The Morgan fingerprint density at radius 3 is 2.96 bits per heavy atom. The first kappa shape index (κ1) is 17.6. The lowest BCUT2D eigenvalue weighted by Gasteiger charge is -2.07. The zero-order valence-corrected chi connectivity index (χ0v) is 15.1. The summed E-state index contributed by atoms with van der Waals surface area (Å²) in [6, 6.07) is 7.24. The zero-order valence-electron chi connectivity index (χ0n) is 13.5. The number of nitrogens with zero attached hydrogens (tertiary/aromatic N) is 2. The molecule has 0 saturated heterocycles. The van der Waals surface area contributed by atoms with Gasteiger partial charge in [-0.05, 0) is 12.5 Å². The number of hydrogen-bond donors (Lipinski definition) is 1. The first-order valence-electron chi connectivity index (χ1n) is 7.64. The normalized spacial score (nSPS) is 11.0. The van der Waals surface area contributed by atoms with E-state index < -0.39 is 11.5 Å². The summed E-state index contributed by atoms with van der Waals surface area (Å²) in [6.45, 7) is 0.966. The second kappa shape index (κ2) is 7.77. The number of carbonyl (C=O) groups excluding carboxylic acids is 1. The Morgan fingerprint density at radius 2 is 2.20 bits per heavy atom. The molecule has 1 N–H and O–H groups in total. The number of fused-ring (bicyclic) bond motifs is 1. The Morgan fingerprint density at radius 1 is 1.40 bits per heavy atom. The van der Waals surface area contributed by atoms with Gasteiger partial charge in [0.1, 0.15) is 5.56 Å². The maximum atomic E-state index is 12.8. The molecular formula is C17H16ClN3O3S. The summed E-state index contributed by atoms with van der Waals surface area (Å²) < 4.78 is 6.36. The Labute approximate surface area is 153 Å². The highest BCUT2D eigenvalue weighted by Gasteiger charge is 2.17. The van der Waals surface area contributed by atoms with Gasteiger partial charge >= 0.3 is 0 Å². The number of rotatable bonds is 6. The Kier molecular flexibility index (Phi) is 5.47. The van der Waals surface area contributed by atoms with Crippen LogP contribution in [0.3, 0.4) is 0 Å². The number of aromatic nitrogens is 2. The van der Waals surface area contributed by atoms with Crippen LogP contribution in [-0.4, -0.2) is 35.6 Å². The van der Waals surface area contributed by atoms with E-state index in [1.54, 1.807) is 13.2 Å². The van der Waals surface area contributed by atoms with Crippen molar-refractivity contribution in [1.82, 2.24) is 14.7 Å². The van der Waals surface area contributed by atoms with Gasteiger partial charge in [0.05, 0.1) is 5.69 Å². The van der Waals surface area contributed by atoms with E-state index in [4.69, 9.17) is 16.3 Å².